The van der Waals surface area contributed by atoms with E-state index in [1.165, 1.54) is 6.07 Å². The van der Waals surface area contributed by atoms with Crippen LogP contribution in [0, 0.1) is 5.92 Å². The Morgan fingerprint density at radius 3 is 2.42 bits per heavy atom. The van der Waals surface area contributed by atoms with Gasteiger partial charge in [-0.3, -0.25) is 14.4 Å². The average Bonchev–Trinajstić information content (AvgIpc) is 2.69. The number of carbonyl (C=O) groups is 4. The summed E-state index contributed by atoms with van der Waals surface area (Å²) in [5.41, 5.74) is 0.499. The molecule has 2 atom stereocenters. The lowest BCUT2D eigenvalue weighted by Crippen LogP contribution is -2.27. The summed E-state index contributed by atoms with van der Waals surface area (Å²) in [6, 6.07) is 3.02. The number of ketones is 3. The van der Waals surface area contributed by atoms with Crippen LogP contribution in [0.3, 0.4) is 0 Å². The molecule has 0 bridgehead atoms. The van der Waals surface area contributed by atoms with E-state index in [1.807, 2.05) is 19.0 Å². The molecule has 0 amide bonds. The fraction of sp³-hybridized carbons (Fsp3) is 0.565. The Kier molecular flexibility index (Phi) is 8.74. The number of Topliss-reactive ketones (excluding diaryl/α,β-unsaturated/α-hetero) is 3. The molecule has 0 radical (unpaired) electrons. The minimum atomic E-state index is -0.974. The van der Waals surface area contributed by atoms with Gasteiger partial charge in [0.1, 0.15) is 29.8 Å². The molecule has 1 aliphatic heterocycles. The number of rotatable bonds is 4. The lowest BCUT2D eigenvalue weighted by molar-refractivity contribution is -0.144. The number of likely N-dealkylation sites (N-methyl/N-ethyl adjacent to an activating group) is 1. The molecule has 31 heavy (non-hydrogen) atoms. The molecule has 0 spiro atoms. The zero-order chi connectivity index (χ0) is 23.1. The monoisotopic (exact) mass is 433 g/mol. The Morgan fingerprint density at radius 2 is 1.74 bits per heavy atom. The van der Waals surface area contributed by atoms with E-state index in [2.05, 4.69) is 0 Å². The third-order valence-electron chi connectivity index (χ3n) is 5.46. The molecule has 0 fully saturated rings. The first-order valence-corrected chi connectivity index (χ1v) is 10.5. The van der Waals surface area contributed by atoms with Gasteiger partial charge in [0, 0.05) is 25.5 Å². The van der Waals surface area contributed by atoms with Gasteiger partial charge < -0.3 is 19.5 Å². The van der Waals surface area contributed by atoms with Crippen LogP contribution in [0.2, 0.25) is 0 Å². The summed E-state index contributed by atoms with van der Waals surface area (Å²) in [5.74, 6) is -3.15. The molecule has 1 heterocycles. The van der Waals surface area contributed by atoms with E-state index in [0.717, 1.165) is 0 Å². The number of fused-ring (bicyclic) bond motifs is 1. The smallest absolute Gasteiger partial charge is 0.342 e. The fourth-order valence-corrected chi connectivity index (χ4v) is 3.28. The summed E-state index contributed by atoms with van der Waals surface area (Å²) < 4.78 is 11.2. The lowest BCUT2D eigenvalue weighted by atomic mass is 9.94. The molecule has 0 aromatic heterocycles. The van der Waals surface area contributed by atoms with Gasteiger partial charge in [-0.15, -0.1) is 0 Å². The highest BCUT2D eigenvalue weighted by atomic mass is 16.5. The number of phenols is 1. The van der Waals surface area contributed by atoms with Crippen LogP contribution >= 0.6 is 0 Å². The van der Waals surface area contributed by atoms with E-state index in [4.69, 9.17) is 9.47 Å². The Balaban J connectivity index is 2.34. The number of aryl methyl sites for hydroxylation is 1. The molecule has 8 heteroatoms. The molecule has 1 aliphatic rings. The minimum Gasteiger partial charge on any atom is -0.507 e. The van der Waals surface area contributed by atoms with Gasteiger partial charge in [-0.1, -0.05) is 6.92 Å². The van der Waals surface area contributed by atoms with Gasteiger partial charge in [0.2, 0.25) is 11.6 Å². The SMILES string of the molecule is C[C@@H]1CCC(=O)C(=O)C(=O)CCCc2cc(OCCN(C)C)cc(O)c2C(=O)O[C@H]1C. The van der Waals surface area contributed by atoms with Gasteiger partial charge in [-0.2, -0.15) is 0 Å². The summed E-state index contributed by atoms with van der Waals surface area (Å²) in [6.07, 6.45) is 0.0621. The quantitative estimate of drug-likeness (QED) is 0.569. The first-order chi connectivity index (χ1) is 14.6. The molecule has 8 nitrogen and oxygen atoms in total. The van der Waals surface area contributed by atoms with Crippen molar-refractivity contribution in [3.8, 4) is 11.5 Å². The Hall–Kier alpha value is -2.74. The van der Waals surface area contributed by atoms with E-state index in [9.17, 15) is 24.3 Å². The van der Waals surface area contributed by atoms with Crippen LogP contribution in [0.4, 0.5) is 0 Å². The second-order valence-corrected chi connectivity index (χ2v) is 8.28. The summed E-state index contributed by atoms with van der Waals surface area (Å²) >= 11 is 0. The number of carbonyl (C=O) groups excluding carboxylic acids is 4. The van der Waals surface area contributed by atoms with Crippen molar-refractivity contribution in [3.63, 3.8) is 0 Å². The topological polar surface area (TPSA) is 110 Å². The normalized spacial score (nSPS) is 21.5. The van der Waals surface area contributed by atoms with Crippen LogP contribution in [-0.2, 0) is 25.5 Å². The van der Waals surface area contributed by atoms with Crippen LogP contribution in [0.25, 0.3) is 0 Å². The third kappa shape index (κ3) is 6.89. The number of benzene rings is 1. The molecule has 0 saturated heterocycles. The number of hydrogen-bond donors (Lipinski definition) is 1. The van der Waals surface area contributed by atoms with Crippen molar-refractivity contribution >= 4 is 23.3 Å². The number of nitrogens with zero attached hydrogens (tertiary/aromatic N) is 1. The van der Waals surface area contributed by atoms with Crippen LogP contribution < -0.4 is 4.74 Å². The van der Waals surface area contributed by atoms with Crippen molar-refractivity contribution < 1.29 is 33.8 Å². The predicted molar refractivity (Wildman–Crippen MR) is 113 cm³/mol. The van der Waals surface area contributed by atoms with Crippen molar-refractivity contribution in [1.82, 2.24) is 4.90 Å². The zero-order valence-corrected chi connectivity index (χ0v) is 18.6. The Bertz CT molecular complexity index is 847. The van der Waals surface area contributed by atoms with Crippen molar-refractivity contribution in [1.29, 1.82) is 0 Å². The maximum atomic E-state index is 12.8. The number of cyclic esters (lactones) is 1. The maximum absolute atomic E-state index is 12.8. The standard InChI is InChI=1S/C23H31NO7/c1-14-8-9-19(26)22(28)18(25)7-5-6-16-12-17(30-11-10-24(3)4)13-20(27)21(16)23(29)31-15(14)2/h12-15,27H,5-11H2,1-4H3/t14-,15+/m1/s1. The number of hydrogen-bond acceptors (Lipinski definition) is 8. The average molecular weight is 434 g/mol. The van der Waals surface area contributed by atoms with E-state index in [1.54, 1.807) is 19.9 Å². The van der Waals surface area contributed by atoms with Gasteiger partial charge >= 0.3 is 5.97 Å². The number of ether oxygens (including phenoxy) is 2. The van der Waals surface area contributed by atoms with E-state index in [-0.39, 0.29) is 42.9 Å². The van der Waals surface area contributed by atoms with Crippen LogP contribution in [-0.4, -0.2) is 66.7 Å². The van der Waals surface area contributed by atoms with Gasteiger partial charge in [-0.05, 0) is 57.8 Å². The summed E-state index contributed by atoms with van der Waals surface area (Å²) in [4.78, 5) is 50.9. The zero-order valence-electron chi connectivity index (χ0n) is 18.6. The summed E-state index contributed by atoms with van der Waals surface area (Å²) in [6.45, 7) is 4.55. The predicted octanol–water partition coefficient (Wildman–Crippen LogP) is 2.34. The summed E-state index contributed by atoms with van der Waals surface area (Å²) in [7, 11) is 3.82. The maximum Gasteiger partial charge on any atom is 0.342 e. The van der Waals surface area contributed by atoms with E-state index < -0.39 is 29.4 Å². The fourth-order valence-electron chi connectivity index (χ4n) is 3.28. The van der Waals surface area contributed by atoms with Gasteiger partial charge in [0.05, 0.1) is 0 Å². The molecule has 1 aromatic carbocycles. The van der Waals surface area contributed by atoms with Crippen LogP contribution in [0.15, 0.2) is 12.1 Å². The molecule has 2 rings (SSSR count). The highest BCUT2D eigenvalue weighted by Crippen LogP contribution is 2.31. The molecule has 0 unspecified atom stereocenters. The third-order valence-corrected chi connectivity index (χ3v) is 5.46. The van der Waals surface area contributed by atoms with Gasteiger partial charge in [-0.25, -0.2) is 4.79 Å². The number of aromatic hydroxyl groups is 1. The molecule has 0 saturated carbocycles. The number of phenolic OH excluding ortho intramolecular Hbond substituents is 1. The Labute approximate surface area is 182 Å². The van der Waals surface area contributed by atoms with Gasteiger partial charge in [0.25, 0.3) is 5.78 Å². The van der Waals surface area contributed by atoms with Gasteiger partial charge in [0.15, 0.2) is 0 Å². The minimum absolute atomic E-state index is 0.0333. The summed E-state index contributed by atoms with van der Waals surface area (Å²) in [5, 5.41) is 10.5. The highest BCUT2D eigenvalue weighted by molar-refractivity contribution is 6.63. The molecular weight excluding hydrogens is 402 g/mol. The highest BCUT2D eigenvalue weighted by Gasteiger charge is 2.27. The molecule has 1 N–H and O–H groups in total. The number of esters is 1. The van der Waals surface area contributed by atoms with Crippen molar-refractivity contribution in [2.45, 2.75) is 52.1 Å². The molecule has 170 valence electrons. The first kappa shape index (κ1) is 24.5. The van der Waals surface area contributed by atoms with Crippen molar-refractivity contribution in [3.05, 3.63) is 23.3 Å². The van der Waals surface area contributed by atoms with E-state index >= 15 is 0 Å². The molecule has 0 aliphatic carbocycles. The Morgan fingerprint density at radius 1 is 1.06 bits per heavy atom. The van der Waals surface area contributed by atoms with Crippen LogP contribution in [0.1, 0.15) is 55.5 Å². The first-order valence-electron chi connectivity index (χ1n) is 10.5. The molecule has 1 aromatic rings. The van der Waals surface area contributed by atoms with E-state index in [0.29, 0.717) is 30.9 Å². The second kappa shape index (κ2) is 11.0. The van der Waals surface area contributed by atoms with Crippen molar-refractivity contribution in [2.24, 2.45) is 5.92 Å². The van der Waals surface area contributed by atoms with Crippen LogP contribution in [0.5, 0.6) is 11.5 Å². The lowest BCUT2D eigenvalue weighted by Gasteiger charge is -2.22. The van der Waals surface area contributed by atoms with Crippen molar-refractivity contribution in [2.75, 3.05) is 27.2 Å². The molecular formula is C23H31NO7. The second-order valence-electron chi connectivity index (χ2n) is 8.28. The largest absolute Gasteiger partial charge is 0.507 e.